The zero-order valence-electron chi connectivity index (χ0n) is 18.8. The molecule has 8 heteroatoms. The van der Waals surface area contributed by atoms with E-state index in [1.807, 2.05) is 24.3 Å². The molecule has 7 nitrogen and oxygen atoms in total. The first-order valence-electron chi connectivity index (χ1n) is 11.7. The molecule has 1 aromatic heterocycles. The lowest BCUT2D eigenvalue weighted by Crippen LogP contribution is -2.48. The highest BCUT2D eigenvalue weighted by atomic mass is 35.5. The Bertz CT molecular complexity index is 1310. The first-order valence-corrected chi connectivity index (χ1v) is 12.1. The minimum Gasteiger partial charge on any atom is -0.486 e. The average Bonchev–Trinajstić information content (AvgIpc) is 3.26. The highest BCUT2D eigenvalue weighted by molar-refractivity contribution is 6.34. The second-order valence-electron chi connectivity index (χ2n) is 9.17. The third-order valence-corrected chi connectivity index (χ3v) is 7.19. The van der Waals surface area contributed by atoms with E-state index in [2.05, 4.69) is 22.5 Å². The van der Waals surface area contributed by atoms with Gasteiger partial charge in [0, 0.05) is 17.5 Å². The van der Waals surface area contributed by atoms with Crippen LogP contribution in [-0.2, 0) is 12.1 Å². The summed E-state index contributed by atoms with van der Waals surface area (Å²) in [4.78, 5) is 13.0. The van der Waals surface area contributed by atoms with Crippen LogP contribution in [0.4, 0.5) is 5.69 Å². The maximum Gasteiger partial charge on any atom is 0.287 e. The van der Waals surface area contributed by atoms with Gasteiger partial charge in [-0.2, -0.15) is 0 Å². The Labute approximate surface area is 202 Å². The number of halogens is 1. The van der Waals surface area contributed by atoms with Crippen LogP contribution in [0.1, 0.15) is 53.8 Å². The quantitative estimate of drug-likeness (QED) is 0.464. The fourth-order valence-electron chi connectivity index (χ4n) is 5.37. The molecule has 1 amide bonds. The summed E-state index contributed by atoms with van der Waals surface area (Å²) in [6.45, 7) is 5.52. The number of hydrogen-bond acceptors (Lipinski definition) is 6. The Morgan fingerprint density at radius 3 is 2.71 bits per heavy atom. The van der Waals surface area contributed by atoms with Gasteiger partial charge in [0.1, 0.15) is 18.8 Å². The van der Waals surface area contributed by atoms with E-state index in [1.165, 1.54) is 6.42 Å². The van der Waals surface area contributed by atoms with Crippen LogP contribution >= 0.6 is 11.6 Å². The molecular formula is C26H26ClN3O4. The summed E-state index contributed by atoms with van der Waals surface area (Å²) in [5, 5.41) is 11.2. The lowest BCUT2D eigenvalue weighted by atomic mass is 9.74. The highest BCUT2D eigenvalue weighted by Crippen LogP contribution is 2.49. The number of anilines is 1. The first kappa shape index (κ1) is 21.2. The molecule has 2 aliphatic heterocycles. The van der Waals surface area contributed by atoms with Gasteiger partial charge in [-0.25, -0.2) is 0 Å². The van der Waals surface area contributed by atoms with Crippen molar-refractivity contribution in [3.8, 4) is 11.5 Å². The Morgan fingerprint density at radius 2 is 1.88 bits per heavy atom. The number of nitrogens with one attached hydrogen (secondary N) is 3. The van der Waals surface area contributed by atoms with Crippen LogP contribution in [0.5, 0.6) is 11.5 Å². The molecule has 0 radical (unpaired) electrons. The van der Waals surface area contributed by atoms with Crippen LogP contribution in [-0.4, -0.2) is 19.1 Å². The Kier molecular flexibility index (Phi) is 5.10. The predicted octanol–water partition coefficient (Wildman–Crippen LogP) is 5.43. The van der Waals surface area contributed by atoms with Crippen molar-refractivity contribution in [2.45, 2.75) is 44.2 Å². The maximum absolute atomic E-state index is 13.0. The van der Waals surface area contributed by atoms with E-state index in [-0.39, 0.29) is 17.2 Å². The second kappa shape index (κ2) is 8.17. The van der Waals surface area contributed by atoms with Crippen molar-refractivity contribution in [1.82, 2.24) is 10.6 Å². The van der Waals surface area contributed by atoms with Gasteiger partial charge in [0.15, 0.2) is 17.3 Å². The third kappa shape index (κ3) is 3.55. The number of amides is 1. The monoisotopic (exact) mass is 479 g/mol. The second-order valence-corrected chi connectivity index (χ2v) is 9.58. The smallest absolute Gasteiger partial charge is 0.287 e. The van der Waals surface area contributed by atoms with Gasteiger partial charge >= 0.3 is 0 Å². The molecule has 34 heavy (non-hydrogen) atoms. The van der Waals surface area contributed by atoms with Crippen molar-refractivity contribution in [2.75, 3.05) is 18.5 Å². The van der Waals surface area contributed by atoms with Crippen LogP contribution < -0.4 is 25.4 Å². The van der Waals surface area contributed by atoms with Gasteiger partial charge in [-0.15, -0.1) is 0 Å². The normalized spacial score (nSPS) is 18.2. The molecule has 3 N–H and O–H groups in total. The van der Waals surface area contributed by atoms with Crippen molar-refractivity contribution in [3.05, 3.63) is 64.6 Å². The standard InChI is InChI=1S/C26H26ClN3O4/c1-15-29-23-18(27)12-17-13-21(34-24(17)22(23)26(30-15)7-3-2-4-8-26)25(31)28-14-16-5-6-19-20(11-16)33-10-9-32-19/h5-6,11-13,29-30H,1-4,7-10,14H2,(H,28,31). The van der Waals surface area contributed by atoms with Crippen LogP contribution in [0.2, 0.25) is 5.02 Å². The molecular weight excluding hydrogens is 454 g/mol. The number of benzene rings is 2. The summed E-state index contributed by atoms with van der Waals surface area (Å²) in [5.41, 5.74) is 3.13. The van der Waals surface area contributed by atoms with Gasteiger partial charge in [-0.3, -0.25) is 4.79 Å². The molecule has 1 aliphatic carbocycles. The fourth-order valence-corrected chi connectivity index (χ4v) is 5.63. The number of furan rings is 1. The van der Waals surface area contributed by atoms with Crippen LogP contribution in [0.3, 0.4) is 0 Å². The van der Waals surface area contributed by atoms with Crippen LogP contribution in [0.25, 0.3) is 11.0 Å². The molecule has 0 bridgehead atoms. The minimum atomic E-state index is -0.296. The Hall–Kier alpha value is -3.32. The number of ether oxygens (including phenoxy) is 2. The number of rotatable bonds is 3. The summed E-state index contributed by atoms with van der Waals surface area (Å²) in [5.74, 6) is 2.13. The van der Waals surface area contributed by atoms with Gasteiger partial charge in [-0.1, -0.05) is 43.5 Å². The number of carbonyl (C=O) groups is 1. The van der Waals surface area contributed by atoms with Gasteiger partial charge in [0.25, 0.3) is 5.91 Å². The van der Waals surface area contributed by atoms with Crippen molar-refractivity contribution in [3.63, 3.8) is 0 Å². The topological polar surface area (TPSA) is 84.8 Å². The highest BCUT2D eigenvalue weighted by Gasteiger charge is 2.42. The van der Waals surface area contributed by atoms with E-state index in [0.29, 0.717) is 36.1 Å². The predicted molar refractivity (Wildman–Crippen MR) is 130 cm³/mol. The lowest BCUT2D eigenvalue weighted by molar-refractivity contribution is 0.0925. The first-order chi connectivity index (χ1) is 16.5. The van der Waals surface area contributed by atoms with E-state index in [4.69, 9.17) is 25.5 Å². The molecule has 2 aromatic carbocycles. The molecule has 0 unspecified atom stereocenters. The summed E-state index contributed by atoms with van der Waals surface area (Å²) in [6.07, 6.45) is 5.34. The van der Waals surface area contributed by atoms with Gasteiger partial charge in [0.05, 0.1) is 22.1 Å². The molecule has 3 aromatic rings. The molecule has 1 saturated carbocycles. The van der Waals surface area contributed by atoms with Crippen LogP contribution in [0.15, 0.2) is 47.1 Å². The molecule has 3 aliphatic rings. The van der Waals surface area contributed by atoms with Crippen molar-refractivity contribution in [1.29, 1.82) is 0 Å². The van der Waals surface area contributed by atoms with Crippen molar-refractivity contribution < 1.29 is 18.7 Å². The SMILES string of the molecule is C=C1Nc2c(Cl)cc3cc(C(=O)NCc4ccc5c(c4)OCCO5)oc3c2C2(CCCCC2)N1. The zero-order valence-corrected chi connectivity index (χ0v) is 19.5. The maximum atomic E-state index is 13.0. The molecule has 3 heterocycles. The lowest BCUT2D eigenvalue weighted by Gasteiger charge is -2.44. The van der Waals surface area contributed by atoms with E-state index >= 15 is 0 Å². The largest absolute Gasteiger partial charge is 0.486 e. The fraction of sp³-hybridized carbons (Fsp3) is 0.346. The summed E-state index contributed by atoms with van der Waals surface area (Å²) >= 11 is 6.68. The van der Waals surface area contributed by atoms with E-state index in [0.717, 1.165) is 59.5 Å². The molecule has 1 spiro atoms. The number of carbonyl (C=O) groups excluding carboxylic acids is 1. The van der Waals surface area contributed by atoms with E-state index in [9.17, 15) is 4.79 Å². The summed E-state index contributed by atoms with van der Waals surface area (Å²) in [6, 6.07) is 9.28. The Morgan fingerprint density at radius 1 is 1.09 bits per heavy atom. The molecule has 0 atom stereocenters. The van der Waals surface area contributed by atoms with E-state index in [1.54, 1.807) is 6.07 Å². The zero-order chi connectivity index (χ0) is 23.3. The van der Waals surface area contributed by atoms with Gasteiger partial charge < -0.3 is 29.8 Å². The molecule has 0 saturated heterocycles. The Balaban J connectivity index is 1.31. The number of fused-ring (bicyclic) bond motifs is 5. The number of hydrogen-bond donors (Lipinski definition) is 3. The summed E-state index contributed by atoms with van der Waals surface area (Å²) in [7, 11) is 0. The molecule has 6 rings (SSSR count). The summed E-state index contributed by atoms with van der Waals surface area (Å²) < 4.78 is 17.4. The van der Waals surface area contributed by atoms with E-state index < -0.39 is 0 Å². The third-order valence-electron chi connectivity index (χ3n) is 6.89. The molecule has 1 fully saturated rings. The average molecular weight is 480 g/mol. The minimum absolute atomic E-state index is 0.257. The molecule has 176 valence electrons. The van der Waals surface area contributed by atoms with Crippen LogP contribution in [0, 0.1) is 0 Å². The van der Waals surface area contributed by atoms with Crippen molar-refractivity contribution >= 4 is 34.2 Å². The van der Waals surface area contributed by atoms with Gasteiger partial charge in [0.2, 0.25) is 0 Å². The van der Waals surface area contributed by atoms with Gasteiger partial charge in [-0.05, 0) is 42.7 Å². The van der Waals surface area contributed by atoms with Crippen molar-refractivity contribution in [2.24, 2.45) is 0 Å².